The molecule has 120 valence electrons. The molecule has 0 saturated carbocycles. The Balaban J connectivity index is 3.80. The number of carbonyl (C=O) groups is 1. The fourth-order valence-electron chi connectivity index (χ4n) is 1.85. The van der Waals surface area contributed by atoms with E-state index in [9.17, 15) is 4.79 Å². The molecular formula is C15H30O5. The minimum Gasteiger partial charge on any atom is -0.434 e. The molecule has 0 aliphatic carbocycles. The summed E-state index contributed by atoms with van der Waals surface area (Å²) in [5.41, 5.74) is 0. The normalized spacial score (nSPS) is 13.8. The second kappa shape index (κ2) is 13.2. The molecule has 2 unspecified atom stereocenters. The minimum atomic E-state index is -0.713. The third-order valence-electron chi connectivity index (χ3n) is 3.32. The lowest BCUT2D eigenvalue weighted by Crippen LogP contribution is -2.21. The van der Waals surface area contributed by atoms with Crippen LogP contribution >= 0.6 is 0 Å². The first-order chi connectivity index (χ1) is 9.67. The van der Waals surface area contributed by atoms with Crippen LogP contribution in [-0.2, 0) is 9.47 Å². The molecule has 20 heavy (non-hydrogen) atoms. The Kier molecular flexibility index (Phi) is 12.7. The molecular weight excluding hydrogens is 260 g/mol. The van der Waals surface area contributed by atoms with Crippen LogP contribution in [0.4, 0.5) is 4.79 Å². The van der Waals surface area contributed by atoms with E-state index in [2.05, 4.69) is 13.8 Å². The van der Waals surface area contributed by atoms with Crippen LogP contribution in [0, 0.1) is 11.8 Å². The van der Waals surface area contributed by atoms with E-state index in [1.54, 1.807) is 0 Å². The lowest BCUT2D eigenvalue weighted by atomic mass is 10.0. The average Bonchev–Trinajstić information content (AvgIpc) is 2.47. The molecule has 0 aromatic heterocycles. The van der Waals surface area contributed by atoms with Gasteiger partial charge in [-0.15, -0.1) is 0 Å². The Labute approximate surface area is 122 Å². The van der Waals surface area contributed by atoms with E-state index in [1.807, 2.05) is 0 Å². The van der Waals surface area contributed by atoms with E-state index in [-0.39, 0.29) is 38.3 Å². The molecule has 0 amide bonds. The zero-order valence-electron chi connectivity index (χ0n) is 12.8. The maximum atomic E-state index is 11.4. The van der Waals surface area contributed by atoms with Gasteiger partial charge >= 0.3 is 6.16 Å². The molecule has 0 spiro atoms. The number of aliphatic hydroxyl groups is 2. The van der Waals surface area contributed by atoms with Crippen LogP contribution in [0.1, 0.15) is 52.4 Å². The predicted octanol–water partition coefficient (Wildman–Crippen LogP) is 2.74. The number of unbranched alkanes of at least 4 members (excludes halogenated alkanes) is 2. The molecule has 0 aliphatic rings. The van der Waals surface area contributed by atoms with E-state index in [4.69, 9.17) is 19.7 Å². The summed E-state index contributed by atoms with van der Waals surface area (Å²) < 4.78 is 9.98. The highest BCUT2D eigenvalue weighted by Gasteiger charge is 2.14. The number of ether oxygens (including phenoxy) is 2. The predicted molar refractivity (Wildman–Crippen MR) is 77.5 cm³/mol. The molecule has 5 nitrogen and oxygen atoms in total. The van der Waals surface area contributed by atoms with Crippen molar-refractivity contribution >= 4 is 6.16 Å². The average molecular weight is 290 g/mol. The summed E-state index contributed by atoms with van der Waals surface area (Å²) in [7, 11) is 0. The summed E-state index contributed by atoms with van der Waals surface area (Å²) in [4.78, 5) is 11.4. The van der Waals surface area contributed by atoms with Gasteiger partial charge in [0.25, 0.3) is 0 Å². The molecule has 0 saturated heterocycles. The topological polar surface area (TPSA) is 76.0 Å². The van der Waals surface area contributed by atoms with Crippen LogP contribution in [0.2, 0.25) is 0 Å². The van der Waals surface area contributed by atoms with Gasteiger partial charge in [-0.2, -0.15) is 0 Å². The summed E-state index contributed by atoms with van der Waals surface area (Å²) >= 11 is 0. The Hall–Kier alpha value is -0.810. The van der Waals surface area contributed by atoms with E-state index in [0.717, 1.165) is 38.5 Å². The van der Waals surface area contributed by atoms with Crippen LogP contribution in [0.5, 0.6) is 0 Å². The maximum Gasteiger partial charge on any atom is 0.508 e. The Morgan fingerprint density at radius 2 is 1.30 bits per heavy atom. The molecule has 0 aromatic rings. The van der Waals surface area contributed by atoms with Gasteiger partial charge in [-0.3, -0.25) is 0 Å². The summed E-state index contributed by atoms with van der Waals surface area (Å²) in [6.07, 6.45) is 5.09. The molecule has 0 radical (unpaired) electrons. The smallest absolute Gasteiger partial charge is 0.434 e. The summed E-state index contributed by atoms with van der Waals surface area (Å²) in [6, 6.07) is 0. The molecule has 0 heterocycles. The Bertz CT molecular complexity index is 210. The highest BCUT2D eigenvalue weighted by Crippen LogP contribution is 2.11. The number of carbonyl (C=O) groups excluding carboxylic acids is 1. The van der Waals surface area contributed by atoms with Crippen LogP contribution in [-0.4, -0.2) is 42.8 Å². The lowest BCUT2D eigenvalue weighted by molar-refractivity contribution is 0.0194. The highest BCUT2D eigenvalue weighted by atomic mass is 16.7. The first-order valence-electron chi connectivity index (χ1n) is 7.69. The zero-order valence-corrected chi connectivity index (χ0v) is 12.8. The Morgan fingerprint density at radius 1 is 0.900 bits per heavy atom. The van der Waals surface area contributed by atoms with Gasteiger partial charge in [-0.25, -0.2) is 4.79 Å². The highest BCUT2D eigenvalue weighted by molar-refractivity contribution is 5.59. The van der Waals surface area contributed by atoms with Crippen molar-refractivity contribution in [1.29, 1.82) is 0 Å². The van der Waals surface area contributed by atoms with E-state index in [0.29, 0.717) is 0 Å². The quantitative estimate of drug-likeness (QED) is 0.540. The SMILES string of the molecule is CCCCC(CO)COC(=O)OCC(CO)CCCC. The van der Waals surface area contributed by atoms with Crippen molar-refractivity contribution in [2.24, 2.45) is 11.8 Å². The molecule has 2 N–H and O–H groups in total. The molecule has 0 bridgehead atoms. The van der Waals surface area contributed by atoms with E-state index in [1.165, 1.54) is 0 Å². The summed E-state index contributed by atoms with van der Waals surface area (Å²) in [6.45, 7) is 4.57. The molecule has 0 aliphatic heterocycles. The second-order valence-electron chi connectivity index (χ2n) is 5.25. The van der Waals surface area contributed by atoms with Crippen molar-refractivity contribution in [2.75, 3.05) is 26.4 Å². The first-order valence-corrected chi connectivity index (χ1v) is 7.69. The van der Waals surface area contributed by atoms with Crippen molar-refractivity contribution in [1.82, 2.24) is 0 Å². The fourth-order valence-corrected chi connectivity index (χ4v) is 1.85. The largest absolute Gasteiger partial charge is 0.508 e. The molecule has 0 aromatic carbocycles. The number of rotatable bonds is 12. The van der Waals surface area contributed by atoms with Gasteiger partial charge in [0.15, 0.2) is 0 Å². The molecule has 0 rings (SSSR count). The molecule has 0 fully saturated rings. The number of hydrogen-bond acceptors (Lipinski definition) is 5. The maximum absolute atomic E-state index is 11.4. The monoisotopic (exact) mass is 290 g/mol. The van der Waals surface area contributed by atoms with E-state index < -0.39 is 6.16 Å². The number of aliphatic hydroxyl groups excluding tert-OH is 2. The summed E-state index contributed by atoms with van der Waals surface area (Å²) in [5.74, 6) is -0.0348. The zero-order chi connectivity index (χ0) is 15.2. The van der Waals surface area contributed by atoms with Crippen molar-refractivity contribution in [3.05, 3.63) is 0 Å². The van der Waals surface area contributed by atoms with E-state index >= 15 is 0 Å². The fraction of sp³-hybridized carbons (Fsp3) is 0.933. The van der Waals surface area contributed by atoms with Gasteiger partial charge < -0.3 is 19.7 Å². The summed E-state index contributed by atoms with van der Waals surface area (Å²) in [5, 5.41) is 18.3. The van der Waals surface area contributed by atoms with Gasteiger partial charge in [0.2, 0.25) is 0 Å². The van der Waals surface area contributed by atoms with Gasteiger partial charge in [-0.05, 0) is 12.8 Å². The van der Waals surface area contributed by atoms with Crippen LogP contribution in [0.3, 0.4) is 0 Å². The second-order valence-corrected chi connectivity index (χ2v) is 5.25. The van der Waals surface area contributed by atoms with Crippen LogP contribution < -0.4 is 0 Å². The van der Waals surface area contributed by atoms with Gasteiger partial charge in [-0.1, -0.05) is 39.5 Å². The van der Waals surface area contributed by atoms with Gasteiger partial charge in [0.05, 0.1) is 13.2 Å². The van der Waals surface area contributed by atoms with Crippen molar-refractivity contribution in [2.45, 2.75) is 52.4 Å². The van der Waals surface area contributed by atoms with Crippen molar-refractivity contribution in [3.8, 4) is 0 Å². The molecule has 2 atom stereocenters. The van der Waals surface area contributed by atoms with Gasteiger partial charge in [0.1, 0.15) is 0 Å². The minimum absolute atomic E-state index is 0.0169. The lowest BCUT2D eigenvalue weighted by Gasteiger charge is -2.16. The van der Waals surface area contributed by atoms with Crippen molar-refractivity contribution in [3.63, 3.8) is 0 Å². The standard InChI is InChI=1S/C15H30O5/c1-3-5-7-13(9-16)11-19-15(18)20-12-14(10-17)8-6-4-2/h13-14,16-17H,3-12H2,1-2H3. The van der Waals surface area contributed by atoms with Crippen LogP contribution in [0.25, 0.3) is 0 Å². The molecule has 5 heteroatoms. The van der Waals surface area contributed by atoms with Crippen molar-refractivity contribution < 1.29 is 24.5 Å². The third kappa shape index (κ3) is 10.0. The van der Waals surface area contributed by atoms with Gasteiger partial charge in [0, 0.05) is 25.0 Å². The first kappa shape index (κ1) is 19.2. The third-order valence-corrected chi connectivity index (χ3v) is 3.32. The number of hydrogen-bond donors (Lipinski definition) is 2. The van der Waals surface area contributed by atoms with Crippen LogP contribution in [0.15, 0.2) is 0 Å². The Morgan fingerprint density at radius 3 is 1.60 bits per heavy atom.